The topological polar surface area (TPSA) is 148 Å². The number of nitrogens with one attached hydrogen (secondary N) is 1. The molecular formula is C34H41N5O7. The number of hydrogen-bond donors (Lipinski definition) is 1. The van der Waals surface area contributed by atoms with Gasteiger partial charge in [-0.15, -0.1) is 0 Å². The second-order valence-corrected chi connectivity index (χ2v) is 12.7. The molecule has 0 fully saturated rings. The third kappa shape index (κ3) is 8.80. The van der Waals surface area contributed by atoms with Gasteiger partial charge >= 0.3 is 12.2 Å². The van der Waals surface area contributed by atoms with E-state index in [4.69, 9.17) is 18.9 Å². The van der Waals surface area contributed by atoms with Crippen LogP contribution in [0.25, 0.3) is 22.0 Å². The highest BCUT2D eigenvalue weighted by atomic mass is 16.6. The molecule has 0 saturated heterocycles. The fraction of sp³-hybridized carbons (Fsp3) is 0.412. The van der Waals surface area contributed by atoms with Crippen molar-refractivity contribution in [1.82, 2.24) is 24.4 Å². The molecule has 3 heterocycles. The molecule has 1 N–H and O–H groups in total. The highest BCUT2D eigenvalue weighted by molar-refractivity contribution is 5.91. The number of allylic oxidation sites excluding steroid dienone is 1. The zero-order chi connectivity index (χ0) is 33.6. The number of aromatic nitrogens is 4. The lowest BCUT2D eigenvalue weighted by atomic mass is 10.1. The van der Waals surface area contributed by atoms with Crippen LogP contribution in [0.2, 0.25) is 0 Å². The van der Waals surface area contributed by atoms with E-state index in [0.29, 0.717) is 29.6 Å². The molecular weight excluding hydrogens is 590 g/mol. The van der Waals surface area contributed by atoms with Crippen LogP contribution in [0.15, 0.2) is 70.5 Å². The summed E-state index contributed by atoms with van der Waals surface area (Å²) in [5.41, 5.74) is -0.551. The van der Waals surface area contributed by atoms with Gasteiger partial charge in [-0.25, -0.2) is 24.1 Å². The summed E-state index contributed by atoms with van der Waals surface area (Å²) in [6, 6.07) is 6.40. The number of Topliss-reactive ketones (excluding diaryl/α,β-unsaturated/α-hetero) is 1. The number of oxazole rings is 1. The summed E-state index contributed by atoms with van der Waals surface area (Å²) < 4.78 is 19.2. The number of benzene rings is 1. The second-order valence-electron chi connectivity index (χ2n) is 12.7. The van der Waals surface area contributed by atoms with E-state index in [1.165, 1.54) is 17.0 Å². The van der Waals surface area contributed by atoms with Crippen molar-refractivity contribution in [3.63, 3.8) is 0 Å². The fourth-order valence-electron chi connectivity index (χ4n) is 4.64. The number of carbonyl (C=O) groups excluding carboxylic acids is 3. The molecule has 244 valence electrons. The predicted octanol–water partition coefficient (Wildman–Crippen LogP) is 6.83. The van der Waals surface area contributed by atoms with E-state index in [-0.39, 0.29) is 35.9 Å². The molecule has 4 aromatic rings. The van der Waals surface area contributed by atoms with Crippen LogP contribution < -0.4 is 10.9 Å². The molecule has 0 radical (unpaired) electrons. The molecule has 3 aromatic heterocycles. The second kappa shape index (κ2) is 14.0. The van der Waals surface area contributed by atoms with Crippen molar-refractivity contribution in [1.29, 1.82) is 0 Å². The molecule has 0 aliphatic rings. The third-order valence-electron chi connectivity index (χ3n) is 6.69. The van der Waals surface area contributed by atoms with Crippen molar-refractivity contribution >= 4 is 28.7 Å². The summed E-state index contributed by atoms with van der Waals surface area (Å²) in [5, 5.41) is 4.14. The number of pyridine rings is 1. The van der Waals surface area contributed by atoms with Crippen LogP contribution in [0.1, 0.15) is 90.3 Å². The first-order chi connectivity index (χ1) is 21.6. The third-order valence-corrected chi connectivity index (χ3v) is 6.69. The van der Waals surface area contributed by atoms with Gasteiger partial charge in [0.2, 0.25) is 5.78 Å². The molecule has 0 spiro atoms. The number of ether oxygens (including phenoxy) is 2. The van der Waals surface area contributed by atoms with Gasteiger partial charge < -0.3 is 23.8 Å². The summed E-state index contributed by atoms with van der Waals surface area (Å²) in [6.45, 7) is 13.0. The summed E-state index contributed by atoms with van der Waals surface area (Å²) in [7, 11) is 0. The van der Waals surface area contributed by atoms with Crippen molar-refractivity contribution < 1.29 is 28.3 Å². The molecule has 1 aromatic carbocycles. The van der Waals surface area contributed by atoms with E-state index < -0.39 is 29.4 Å². The number of alkyl carbamates (subject to hydrolysis) is 1. The van der Waals surface area contributed by atoms with Gasteiger partial charge in [-0.3, -0.25) is 9.59 Å². The summed E-state index contributed by atoms with van der Waals surface area (Å²) in [4.78, 5) is 60.2. The van der Waals surface area contributed by atoms with Crippen LogP contribution in [0.3, 0.4) is 0 Å². The number of imidazole rings is 1. The van der Waals surface area contributed by atoms with Gasteiger partial charge in [0.25, 0.3) is 11.4 Å². The maximum atomic E-state index is 13.5. The Morgan fingerprint density at radius 3 is 2.43 bits per heavy atom. The Balaban J connectivity index is 1.70. The number of amides is 1. The van der Waals surface area contributed by atoms with E-state index in [1.807, 2.05) is 19.1 Å². The lowest BCUT2D eigenvalue weighted by Crippen LogP contribution is -2.37. The first-order valence-electron chi connectivity index (χ1n) is 15.2. The quantitative estimate of drug-likeness (QED) is 0.147. The Labute approximate surface area is 267 Å². The Hall–Kier alpha value is -5.00. The fourth-order valence-corrected chi connectivity index (χ4v) is 4.64. The Bertz CT molecular complexity index is 1790. The highest BCUT2D eigenvalue weighted by Crippen LogP contribution is 2.27. The number of hydrogen-bond acceptors (Lipinski definition) is 9. The maximum Gasteiger partial charge on any atom is 0.420 e. The Morgan fingerprint density at radius 2 is 1.78 bits per heavy atom. The average molecular weight is 632 g/mol. The molecule has 0 saturated carbocycles. The van der Waals surface area contributed by atoms with Gasteiger partial charge in [0.1, 0.15) is 23.3 Å². The van der Waals surface area contributed by atoms with Gasteiger partial charge in [0.15, 0.2) is 0 Å². The lowest BCUT2D eigenvalue weighted by Gasteiger charge is -2.24. The van der Waals surface area contributed by atoms with Crippen LogP contribution in [0.5, 0.6) is 0 Å². The van der Waals surface area contributed by atoms with Gasteiger partial charge in [-0.2, -0.15) is 0 Å². The van der Waals surface area contributed by atoms with Crippen molar-refractivity contribution in [3.8, 4) is 11.3 Å². The number of rotatable bonds is 10. The molecule has 0 bridgehead atoms. The van der Waals surface area contributed by atoms with Crippen molar-refractivity contribution in [2.24, 2.45) is 0 Å². The van der Waals surface area contributed by atoms with E-state index >= 15 is 0 Å². The molecule has 0 aliphatic carbocycles. The van der Waals surface area contributed by atoms with Crippen LogP contribution in [0, 0.1) is 0 Å². The number of aryl methyl sites for hydroxylation is 1. The van der Waals surface area contributed by atoms with E-state index in [9.17, 15) is 19.2 Å². The van der Waals surface area contributed by atoms with Crippen LogP contribution >= 0.6 is 0 Å². The van der Waals surface area contributed by atoms with Crippen LogP contribution in [-0.2, 0) is 16.0 Å². The number of fused-ring (bicyclic) bond motifs is 1. The normalized spacial score (nSPS) is 12.8. The predicted molar refractivity (Wildman–Crippen MR) is 173 cm³/mol. The standard InChI is InChI=1S/C34H41N5O7/c1-8-38-18-16-22-20-23(14-15-24(22)30(38)41)26-21-39(32(43)46-34(5,6)7)28(36-26)25(37-31(42)45-33(2,3)4)12-10-9-11-13-27(40)29-35-17-19-44-29/h9-10,14-21,25H,8,11-13H2,1-7H3,(H,37,42)/b10-9+. The Morgan fingerprint density at radius 1 is 1.04 bits per heavy atom. The molecule has 12 nitrogen and oxygen atoms in total. The monoisotopic (exact) mass is 631 g/mol. The first kappa shape index (κ1) is 33.9. The minimum absolute atomic E-state index is 0.0505. The zero-order valence-electron chi connectivity index (χ0n) is 27.3. The molecule has 12 heteroatoms. The van der Waals surface area contributed by atoms with E-state index in [2.05, 4.69) is 10.3 Å². The molecule has 1 atom stereocenters. The maximum absolute atomic E-state index is 13.5. The summed E-state index contributed by atoms with van der Waals surface area (Å²) in [6.07, 6.45) is 9.10. The van der Waals surface area contributed by atoms with E-state index in [0.717, 1.165) is 5.39 Å². The van der Waals surface area contributed by atoms with Gasteiger partial charge in [-0.05, 0) is 84.9 Å². The van der Waals surface area contributed by atoms with Crippen molar-refractivity contribution in [2.75, 3.05) is 0 Å². The largest absolute Gasteiger partial charge is 0.444 e. The first-order valence-corrected chi connectivity index (χ1v) is 15.2. The van der Waals surface area contributed by atoms with Gasteiger partial charge in [0.05, 0.1) is 17.9 Å². The minimum atomic E-state index is -0.813. The average Bonchev–Trinajstić information content (AvgIpc) is 3.66. The van der Waals surface area contributed by atoms with Gasteiger partial charge in [0, 0.05) is 36.3 Å². The van der Waals surface area contributed by atoms with Crippen LogP contribution in [-0.4, -0.2) is 48.3 Å². The number of carbonyl (C=O) groups is 3. The van der Waals surface area contributed by atoms with Crippen molar-refractivity contribution in [3.05, 3.63) is 83.3 Å². The molecule has 1 unspecified atom stereocenters. The molecule has 1 amide bonds. The zero-order valence-corrected chi connectivity index (χ0v) is 27.3. The summed E-state index contributed by atoms with van der Waals surface area (Å²) >= 11 is 0. The van der Waals surface area contributed by atoms with Crippen molar-refractivity contribution in [2.45, 2.75) is 91.5 Å². The minimum Gasteiger partial charge on any atom is -0.444 e. The smallest absolute Gasteiger partial charge is 0.420 e. The Kier molecular flexibility index (Phi) is 10.3. The molecule has 46 heavy (non-hydrogen) atoms. The molecule has 4 rings (SSSR count). The van der Waals surface area contributed by atoms with Crippen LogP contribution in [0.4, 0.5) is 9.59 Å². The number of nitrogens with zero attached hydrogens (tertiary/aromatic N) is 4. The lowest BCUT2D eigenvalue weighted by molar-refractivity contribution is 0.0473. The highest BCUT2D eigenvalue weighted by Gasteiger charge is 2.28. The molecule has 0 aliphatic heterocycles. The SMILES string of the molecule is CCn1ccc2cc(-c3cn(C(=O)OC(C)(C)C)c(C(C/C=C/CCC(=O)c4ncco4)NC(=O)OC(C)(C)C)n3)ccc2c1=O. The summed E-state index contributed by atoms with van der Waals surface area (Å²) in [5.74, 6) is 0.0406. The van der Waals surface area contributed by atoms with Gasteiger partial charge in [-0.1, -0.05) is 18.2 Å². The van der Waals surface area contributed by atoms with E-state index in [1.54, 1.807) is 82.8 Å². The number of ketones is 1.